The highest BCUT2D eigenvalue weighted by molar-refractivity contribution is 5.80. The summed E-state index contributed by atoms with van der Waals surface area (Å²) in [7, 11) is 0. The van der Waals surface area contributed by atoms with Crippen molar-refractivity contribution in [3.05, 3.63) is 29.8 Å². The number of ether oxygens (including phenoxy) is 2. The molecule has 0 aliphatic rings. The molecule has 1 amide bonds. The van der Waals surface area contributed by atoms with Gasteiger partial charge in [0.15, 0.2) is 0 Å². The highest BCUT2D eigenvalue weighted by atomic mass is 16.5. The van der Waals surface area contributed by atoms with Crippen molar-refractivity contribution in [2.24, 2.45) is 5.10 Å². The summed E-state index contributed by atoms with van der Waals surface area (Å²) in [5, 5.41) is 3.77. The van der Waals surface area contributed by atoms with Crippen molar-refractivity contribution >= 4 is 12.3 Å². The third kappa shape index (κ3) is 6.45. The molecule has 5 heteroatoms. The number of rotatable bonds is 7. The third-order valence-electron chi connectivity index (χ3n) is 2.29. The van der Waals surface area contributed by atoms with E-state index in [1.807, 2.05) is 24.3 Å². The summed E-state index contributed by atoms with van der Waals surface area (Å²) in [6, 6.07) is 7.50. The number of nitrogens with zero attached hydrogens (tertiary/aromatic N) is 1. The highest BCUT2D eigenvalue weighted by Crippen LogP contribution is 2.11. The number of hydrogen-bond donors (Lipinski definition) is 1. The van der Waals surface area contributed by atoms with Crippen LogP contribution in [0.15, 0.2) is 29.4 Å². The maximum atomic E-state index is 11.0. The molecule has 0 heterocycles. The Hall–Kier alpha value is -2.04. The summed E-state index contributed by atoms with van der Waals surface area (Å²) in [5.74, 6) is 0.837. The van der Waals surface area contributed by atoms with Crippen LogP contribution in [0.3, 0.4) is 0 Å². The van der Waals surface area contributed by atoms with E-state index in [0.29, 0.717) is 6.61 Å². The molecule has 0 radical (unpaired) electrons. The van der Waals surface area contributed by atoms with E-state index in [9.17, 15) is 4.79 Å². The largest absolute Gasteiger partial charge is 0.494 e. The van der Waals surface area contributed by atoms with E-state index in [0.717, 1.165) is 30.8 Å². The van der Waals surface area contributed by atoms with Gasteiger partial charge < -0.3 is 9.47 Å². The van der Waals surface area contributed by atoms with Crippen molar-refractivity contribution in [2.75, 3.05) is 13.2 Å². The van der Waals surface area contributed by atoms with E-state index in [1.165, 1.54) is 0 Å². The fraction of sp³-hybridized carbons (Fsp3) is 0.429. The molecule has 0 fully saturated rings. The predicted octanol–water partition coefficient (Wildman–Crippen LogP) is 2.95. The van der Waals surface area contributed by atoms with Crippen LogP contribution in [-0.2, 0) is 4.74 Å². The van der Waals surface area contributed by atoms with Gasteiger partial charge in [-0.1, -0.05) is 13.3 Å². The lowest BCUT2D eigenvalue weighted by Crippen LogP contribution is -2.18. The Kier molecular flexibility index (Phi) is 7.09. The fourth-order valence-electron chi connectivity index (χ4n) is 1.31. The van der Waals surface area contributed by atoms with Crippen LogP contribution in [0, 0.1) is 0 Å². The molecule has 5 nitrogen and oxygen atoms in total. The molecule has 0 aromatic heterocycles. The van der Waals surface area contributed by atoms with E-state index in [4.69, 9.17) is 4.74 Å². The second-order valence-corrected chi connectivity index (χ2v) is 3.86. The number of hydrogen-bond acceptors (Lipinski definition) is 4. The van der Waals surface area contributed by atoms with Gasteiger partial charge in [-0.05, 0) is 43.2 Å². The molecule has 1 aromatic carbocycles. The maximum Gasteiger partial charge on any atom is 0.427 e. The summed E-state index contributed by atoms with van der Waals surface area (Å²) in [5.41, 5.74) is 3.14. The third-order valence-corrected chi connectivity index (χ3v) is 2.29. The molecule has 1 N–H and O–H groups in total. The summed E-state index contributed by atoms with van der Waals surface area (Å²) in [6.07, 6.45) is 3.15. The summed E-state index contributed by atoms with van der Waals surface area (Å²) in [6.45, 7) is 4.92. The molecule has 0 aliphatic carbocycles. The average molecular weight is 264 g/mol. The molecule has 0 saturated heterocycles. The van der Waals surface area contributed by atoms with E-state index in [2.05, 4.69) is 22.2 Å². The van der Waals surface area contributed by atoms with Crippen LogP contribution in [0.4, 0.5) is 4.79 Å². The predicted molar refractivity (Wildman–Crippen MR) is 74.6 cm³/mol. The minimum absolute atomic E-state index is 0.325. The first kappa shape index (κ1) is 15.0. The van der Waals surface area contributed by atoms with Crippen LogP contribution >= 0.6 is 0 Å². The summed E-state index contributed by atoms with van der Waals surface area (Å²) in [4.78, 5) is 11.0. The van der Waals surface area contributed by atoms with Gasteiger partial charge in [-0.25, -0.2) is 10.2 Å². The van der Waals surface area contributed by atoms with Crippen molar-refractivity contribution in [3.63, 3.8) is 0 Å². The zero-order valence-electron chi connectivity index (χ0n) is 11.4. The number of unbranched alkanes of at least 4 members (excludes halogenated alkanes) is 1. The molecule has 19 heavy (non-hydrogen) atoms. The van der Waals surface area contributed by atoms with Gasteiger partial charge in [0, 0.05) is 0 Å². The number of benzene rings is 1. The van der Waals surface area contributed by atoms with Gasteiger partial charge in [0.05, 0.1) is 19.4 Å². The molecule has 0 atom stereocenters. The van der Waals surface area contributed by atoms with Crippen molar-refractivity contribution < 1.29 is 14.3 Å². The van der Waals surface area contributed by atoms with Crippen LogP contribution in [0.2, 0.25) is 0 Å². The molecule has 104 valence electrons. The van der Waals surface area contributed by atoms with Gasteiger partial charge in [-0.15, -0.1) is 0 Å². The zero-order valence-corrected chi connectivity index (χ0v) is 11.4. The van der Waals surface area contributed by atoms with Crippen LogP contribution in [0.25, 0.3) is 0 Å². The van der Waals surface area contributed by atoms with E-state index >= 15 is 0 Å². The highest BCUT2D eigenvalue weighted by Gasteiger charge is 1.96. The molecule has 0 saturated carbocycles. The number of nitrogens with one attached hydrogen (secondary N) is 1. The SMILES string of the molecule is CCCCOc1ccc(/C=N\NC(=O)OCC)cc1. The van der Waals surface area contributed by atoms with Gasteiger partial charge in [0.2, 0.25) is 0 Å². The smallest absolute Gasteiger partial charge is 0.427 e. The number of amides is 1. The van der Waals surface area contributed by atoms with Crippen LogP contribution < -0.4 is 10.2 Å². The quantitative estimate of drug-likeness (QED) is 0.468. The zero-order chi connectivity index (χ0) is 13.9. The normalized spacial score (nSPS) is 10.4. The van der Waals surface area contributed by atoms with Crippen LogP contribution in [0.5, 0.6) is 5.75 Å². The summed E-state index contributed by atoms with van der Waals surface area (Å²) < 4.78 is 10.2. The Morgan fingerprint density at radius 3 is 2.68 bits per heavy atom. The molecule has 0 aliphatic heterocycles. The molecule has 0 bridgehead atoms. The first-order chi connectivity index (χ1) is 9.26. The van der Waals surface area contributed by atoms with Crippen molar-refractivity contribution in [1.29, 1.82) is 0 Å². The minimum atomic E-state index is -0.557. The van der Waals surface area contributed by atoms with Crippen LogP contribution in [-0.4, -0.2) is 25.5 Å². The standard InChI is InChI=1S/C14H20N2O3/c1-3-5-10-19-13-8-6-12(7-9-13)11-15-16-14(17)18-4-2/h6-9,11H,3-5,10H2,1-2H3,(H,16,17)/b15-11-. The van der Waals surface area contributed by atoms with E-state index in [1.54, 1.807) is 13.1 Å². The molecular formula is C14H20N2O3. The Labute approximate surface area is 113 Å². The topological polar surface area (TPSA) is 59.9 Å². The number of carbonyl (C=O) groups excluding carboxylic acids is 1. The fourth-order valence-corrected chi connectivity index (χ4v) is 1.31. The lowest BCUT2D eigenvalue weighted by molar-refractivity contribution is 0.152. The number of carbonyl (C=O) groups is 1. The maximum absolute atomic E-state index is 11.0. The monoisotopic (exact) mass is 264 g/mol. The van der Waals surface area contributed by atoms with Crippen LogP contribution in [0.1, 0.15) is 32.3 Å². The Morgan fingerprint density at radius 2 is 2.05 bits per heavy atom. The van der Waals surface area contributed by atoms with Gasteiger partial charge in [0.1, 0.15) is 5.75 Å². The van der Waals surface area contributed by atoms with Gasteiger partial charge >= 0.3 is 6.09 Å². The molecule has 1 aromatic rings. The molecule has 0 unspecified atom stereocenters. The minimum Gasteiger partial charge on any atom is -0.494 e. The first-order valence-corrected chi connectivity index (χ1v) is 6.45. The summed E-state index contributed by atoms with van der Waals surface area (Å²) >= 11 is 0. The first-order valence-electron chi connectivity index (χ1n) is 6.45. The van der Waals surface area contributed by atoms with Crippen molar-refractivity contribution in [1.82, 2.24) is 5.43 Å². The van der Waals surface area contributed by atoms with Gasteiger partial charge in [0.25, 0.3) is 0 Å². The lowest BCUT2D eigenvalue weighted by atomic mass is 10.2. The van der Waals surface area contributed by atoms with Gasteiger partial charge in [-0.3, -0.25) is 0 Å². The van der Waals surface area contributed by atoms with Crippen molar-refractivity contribution in [3.8, 4) is 5.75 Å². The second-order valence-electron chi connectivity index (χ2n) is 3.86. The molecule has 1 rings (SSSR count). The van der Waals surface area contributed by atoms with E-state index < -0.39 is 6.09 Å². The molecule has 0 spiro atoms. The Bertz CT molecular complexity index is 402. The Balaban J connectivity index is 2.39. The lowest BCUT2D eigenvalue weighted by Gasteiger charge is -2.04. The van der Waals surface area contributed by atoms with Crippen molar-refractivity contribution in [2.45, 2.75) is 26.7 Å². The van der Waals surface area contributed by atoms with E-state index in [-0.39, 0.29) is 0 Å². The van der Waals surface area contributed by atoms with Gasteiger partial charge in [-0.2, -0.15) is 5.10 Å². The molecular weight excluding hydrogens is 244 g/mol. The average Bonchev–Trinajstić information content (AvgIpc) is 2.41. The second kappa shape index (κ2) is 8.97. The number of hydrazone groups is 1. The Morgan fingerprint density at radius 1 is 1.32 bits per heavy atom.